The molecular weight excluding hydrogens is 502 g/mol. The van der Waals surface area contributed by atoms with Crippen molar-refractivity contribution in [2.24, 2.45) is 0 Å². The Kier molecular flexibility index (Phi) is 8.19. The van der Waals surface area contributed by atoms with Crippen LogP contribution in [0.1, 0.15) is 10.0 Å². The van der Waals surface area contributed by atoms with Crippen molar-refractivity contribution in [3.63, 3.8) is 0 Å². The topological polar surface area (TPSA) is 88.1 Å². The molecule has 2 aromatic heterocycles. The number of anilines is 5. The summed E-state index contributed by atoms with van der Waals surface area (Å²) in [4.78, 5) is 2.34. The summed E-state index contributed by atoms with van der Waals surface area (Å²) >= 11 is 3.16. The summed E-state index contributed by atoms with van der Waals surface area (Å²) in [6.45, 7) is 1.61. The Bertz CT molecular complexity index is 1290. The van der Waals surface area contributed by atoms with E-state index in [1.165, 1.54) is 0 Å². The van der Waals surface area contributed by atoms with E-state index >= 15 is 0 Å². The van der Waals surface area contributed by atoms with Crippen molar-refractivity contribution in [3.8, 4) is 5.75 Å². The fraction of sp³-hybridized carbons (Fsp3) is 0.185. The van der Waals surface area contributed by atoms with Crippen LogP contribution < -0.4 is 20.3 Å². The van der Waals surface area contributed by atoms with Crippen LogP contribution in [0.3, 0.4) is 0 Å². The van der Waals surface area contributed by atoms with Gasteiger partial charge in [0, 0.05) is 43.0 Å². The van der Waals surface area contributed by atoms with Crippen LogP contribution in [0.4, 0.5) is 27.3 Å². The average Bonchev–Trinajstić information content (AvgIpc) is 3.59. The molecule has 2 heterocycles. The quantitative estimate of drug-likeness (QED) is 0.198. The molecule has 0 fully saturated rings. The first-order valence-corrected chi connectivity index (χ1v) is 13.6. The minimum Gasteiger partial charge on any atom is -0.497 e. The largest absolute Gasteiger partial charge is 0.497 e. The van der Waals surface area contributed by atoms with Crippen LogP contribution in [-0.4, -0.2) is 40.6 Å². The highest BCUT2D eigenvalue weighted by molar-refractivity contribution is 7.15. The maximum absolute atomic E-state index is 5.35. The maximum Gasteiger partial charge on any atom is 0.210 e. The van der Waals surface area contributed by atoms with Crippen molar-refractivity contribution in [1.82, 2.24) is 20.4 Å². The van der Waals surface area contributed by atoms with Crippen molar-refractivity contribution in [2.45, 2.75) is 12.8 Å². The third-order valence-electron chi connectivity index (χ3n) is 5.61. The third kappa shape index (κ3) is 7.02. The Morgan fingerprint density at radius 2 is 1.14 bits per heavy atom. The second-order valence-electron chi connectivity index (χ2n) is 8.17. The van der Waals surface area contributed by atoms with Crippen molar-refractivity contribution < 1.29 is 4.74 Å². The highest BCUT2D eigenvalue weighted by Crippen LogP contribution is 2.25. The van der Waals surface area contributed by atoms with Gasteiger partial charge >= 0.3 is 0 Å². The van der Waals surface area contributed by atoms with Gasteiger partial charge in [0.05, 0.1) is 7.11 Å². The lowest BCUT2D eigenvalue weighted by atomic mass is 10.2. The first-order chi connectivity index (χ1) is 18.2. The van der Waals surface area contributed by atoms with Gasteiger partial charge in [0.1, 0.15) is 15.8 Å². The molecule has 0 unspecified atom stereocenters. The van der Waals surface area contributed by atoms with Gasteiger partial charge in [-0.1, -0.05) is 59.1 Å². The van der Waals surface area contributed by atoms with E-state index in [2.05, 4.69) is 48.1 Å². The Morgan fingerprint density at radius 3 is 1.59 bits per heavy atom. The molecule has 0 amide bonds. The van der Waals surface area contributed by atoms with Gasteiger partial charge in [0.2, 0.25) is 10.3 Å². The predicted molar refractivity (Wildman–Crippen MR) is 152 cm³/mol. The molecule has 8 nitrogen and oxygen atoms in total. The summed E-state index contributed by atoms with van der Waals surface area (Å²) in [5.74, 6) is 0.838. The summed E-state index contributed by atoms with van der Waals surface area (Å²) in [6.07, 6.45) is 1.58. The highest BCUT2D eigenvalue weighted by Gasteiger charge is 2.13. The van der Waals surface area contributed by atoms with Crippen molar-refractivity contribution in [2.75, 3.05) is 35.7 Å². The number of nitrogens with one attached hydrogen (secondary N) is 2. The summed E-state index contributed by atoms with van der Waals surface area (Å²) in [6, 6.07) is 28.2. The van der Waals surface area contributed by atoms with Gasteiger partial charge in [-0.2, -0.15) is 0 Å². The number of rotatable bonds is 12. The zero-order valence-corrected chi connectivity index (χ0v) is 22.0. The summed E-state index contributed by atoms with van der Waals surface area (Å²) in [7, 11) is 1.68. The number of nitrogens with zero attached hydrogens (tertiary/aromatic N) is 5. The minimum absolute atomic E-state index is 0.789. The molecular formula is C27H27N7OS2. The van der Waals surface area contributed by atoms with Gasteiger partial charge in [-0.25, -0.2) is 0 Å². The SMILES string of the molecule is COc1ccc(N(CCc2nnc(Nc3ccccc3)s2)CCc2nnc(Nc3ccccc3)s2)cc1. The molecule has 5 aromatic rings. The van der Waals surface area contributed by atoms with Crippen LogP contribution in [-0.2, 0) is 12.8 Å². The molecule has 37 heavy (non-hydrogen) atoms. The molecule has 0 bridgehead atoms. The number of aromatic nitrogens is 4. The fourth-order valence-electron chi connectivity index (χ4n) is 3.72. The minimum atomic E-state index is 0.789. The second-order valence-corrected chi connectivity index (χ2v) is 10.3. The van der Waals surface area contributed by atoms with Crippen LogP contribution in [0.2, 0.25) is 0 Å². The smallest absolute Gasteiger partial charge is 0.210 e. The number of methoxy groups -OCH3 is 1. The number of hydrogen-bond donors (Lipinski definition) is 2. The first kappa shape index (κ1) is 24.7. The lowest BCUT2D eigenvalue weighted by Gasteiger charge is -2.24. The molecule has 0 radical (unpaired) electrons. The monoisotopic (exact) mass is 529 g/mol. The molecule has 5 rings (SSSR count). The Balaban J connectivity index is 1.22. The van der Waals surface area contributed by atoms with Crippen molar-refractivity contribution >= 4 is 50.0 Å². The van der Waals surface area contributed by atoms with Crippen LogP contribution in [0.5, 0.6) is 5.75 Å². The molecule has 2 N–H and O–H groups in total. The van der Waals surface area contributed by atoms with Gasteiger partial charge in [-0.05, 0) is 48.5 Å². The Hall–Kier alpha value is -4.02. The number of ether oxygens (including phenoxy) is 1. The number of benzene rings is 3. The van der Waals surface area contributed by atoms with E-state index < -0.39 is 0 Å². The van der Waals surface area contributed by atoms with Crippen LogP contribution >= 0.6 is 22.7 Å². The molecule has 0 atom stereocenters. The van der Waals surface area contributed by atoms with E-state index in [0.29, 0.717) is 0 Å². The maximum atomic E-state index is 5.35. The van der Waals surface area contributed by atoms with Gasteiger partial charge in [-0.3, -0.25) is 0 Å². The number of hydrogen-bond acceptors (Lipinski definition) is 10. The molecule has 0 aliphatic rings. The zero-order chi connectivity index (χ0) is 25.3. The predicted octanol–water partition coefficient (Wildman–Crippen LogP) is 6.18. The molecule has 188 valence electrons. The molecule has 0 saturated carbocycles. The molecule has 0 spiro atoms. The normalized spacial score (nSPS) is 10.7. The lowest BCUT2D eigenvalue weighted by molar-refractivity contribution is 0.415. The molecule has 10 heteroatoms. The third-order valence-corrected chi connectivity index (χ3v) is 7.41. The zero-order valence-electron chi connectivity index (χ0n) is 20.4. The van der Waals surface area contributed by atoms with E-state index in [9.17, 15) is 0 Å². The van der Waals surface area contributed by atoms with Gasteiger partial charge in [0.15, 0.2) is 0 Å². The fourth-order valence-corrected chi connectivity index (χ4v) is 5.22. The van der Waals surface area contributed by atoms with E-state index in [4.69, 9.17) is 4.74 Å². The van der Waals surface area contributed by atoms with Gasteiger partial charge in [0.25, 0.3) is 0 Å². The standard InChI is InChI=1S/C27H27N7OS2/c1-35-23-14-12-22(13-15-23)34(18-16-24-30-32-26(36-24)28-20-8-4-2-5-9-20)19-17-25-31-33-27(37-25)29-21-10-6-3-7-11-21/h2-15H,16-19H2,1H3,(H,28,32)(H,29,33). The van der Waals surface area contributed by atoms with Crippen LogP contribution in [0.25, 0.3) is 0 Å². The Morgan fingerprint density at radius 1 is 0.649 bits per heavy atom. The Labute approximate surface area is 224 Å². The van der Waals surface area contributed by atoms with E-state index in [1.54, 1.807) is 29.8 Å². The van der Waals surface area contributed by atoms with Crippen molar-refractivity contribution in [3.05, 3.63) is 94.9 Å². The van der Waals surface area contributed by atoms with Gasteiger partial charge in [-0.15, -0.1) is 20.4 Å². The summed E-state index contributed by atoms with van der Waals surface area (Å²) in [5.41, 5.74) is 3.13. The molecule has 3 aromatic carbocycles. The average molecular weight is 530 g/mol. The first-order valence-electron chi connectivity index (χ1n) is 11.9. The van der Waals surface area contributed by atoms with Crippen LogP contribution in [0.15, 0.2) is 84.9 Å². The van der Waals surface area contributed by atoms with Crippen LogP contribution in [0, 0.1) is 0 Å². The van der Waals surface area contributed by atoms with E-state index in [-0.39, 0.29) is 0 Å². The van der Waals surface area contributed by atoms with E-state index in [0.717, 1.165) is 69.0 Å². The molecule has 0 aliphatic heterocycles. The molecule has 0 aliphatic carbocycles. The van der Waals surface area contributed by atoms with E-state index in [1.807, 2.05) is 72.8 Å². The lowest BCUT2D eigenvalue weighted by Crippen LogP contribution is -2.28. The second kappa shape index (κ2) is 12.3. The highest BCUT2D eigenvalue weighted by atomic mass is 32.1. The molecule has 0 saturated heterocycles. The van der Waals surface area contributed by atoms with Crippen molar-refractivity contribution in [1.29, 1.82) is 0 Å². The summed E-state index contributed by atoms with van der Waals surface area (Å²) in [5, 5.41) is 27.6. The van der Waals surface area contributed by atoms with Gasteiger partial charge < -0.3 is 20.3 Å². The summed E-state index contributed by atoms with van der Waals surface area (Å²) < 4.78 is 5.35. The number of para-hydroxylation sites is 2.